The number of aromatic nitrogens is 2. The lowest BCUT2D eigenvalue weighted by Crippen LogP contribution is -2.46. The van der Waals surface area contributed by atoms with E-state index in [1.807, 2.05) is 42.5 Å². The number of nitrogens with one attached hydrogen (secondary N) is 3. The first-order valence-corrected chi connectivity index (χ1v) is 19.2. The fourth-order valence-electron chi connectivity index (χ4n) is 5.69. The Balaban J connectivity index is 1.35. The quantitative estimate of drug-likeness (QED) is 0.115. The van der Waals surface area contributed by atoms with Crippen LogP contribution in [0.5, 0.6) is 5.75 Å². The summed E-state index contributed by atoms with van der Waals surface area (Å²) in [5.41, 5.74) is 2.62. The number of methoxy groups -OCH3 is 1. The number of halogens is 1. The normalized spacial score (nSPS) is 12.9. The van der Waals surface area contributed by atoms with Gasteiger partial charge in [0.15, 0.2) is 0 Å². The zero-order valence-electron chi connectivity index (χ0n) is 30.8. The molecule has 1 aromatic heterocycles. The van der Waals surface area contributed by atoms with Gasteiger partial charge in [-0.15, -0.1) is 0 Å². The third-order valence-electron chi connectivity index (χ3n) is 8.98. The molecule has 4 N–H and O–H groups in total. The van der Waals surface area contributed by atoms with Crippen molar-refractivity contribution in [1.29, 1.82) is 0 Å². The molecule has 3 amide bonds. The first kappa shape index (κ1) is 40.1. The Hall–Kier alpha value is -6.06. The molecule has 0 aliphatic carbocycles. The maximum Gasteiger partial charge on any atom is 0.254 e. The lowest BCUT2D eigenvalue weighted by Gasteiger charge is -2.25. The molecule has 4 aromatic carbocycles. The third-order valence-corrected chi connectivity index (χ3v) is 10.2. The largest absolute Gasteiger partial charge is 0.497 e. The number of anilines is 1. The highest BCUT2D eigenvalue weighted by atomic mass is 32.2. The first-order chi connectivity index (χ1) is 26.2. The molecule has 0 fully saturated rings. The summed E-state index contributed by atoms with van der Waals surface area (Å²) in [7, 11) is -0.923. The molecule has 5 rings (SSSR count). The number of rotatable bonds is 16. The zero-order valence-corrected chi connectivity index (χ0v) is 31.6. The second-order valence-corrected chi connectivity index (χ2v) is 15.1. The number of hydrogen-bond acceptors (Lipinski definition) is 8. The summed E-state index contributed by atoms with van der Waals surface area (Å²) >= 11 is 0. The van der Waals surface area contributed by atoms with E-state index in [2.05, 4.69) is 21.0 Å². The predicted octanol–water partition coefficient (Wildman–Crippen LogP) is 4.25. The van der Waals surface area contributed by atoms with Crippen molar-refractivity contribution >= 4 is 33.4 Å². The number of hydrogen-bond donors (Lipinski definition) is 4. The van der Waals surface area contributed by atoms with Gasteiger partial charge in [-0.1, -0.05) is 54.6 Å². The highest BCUT2D eigenvalue weighted by Gasteiger charge is 2.26. The molecular weight excluding hydrogens is 728 g/mol. The fraction of sp³-hybridized carbons (Fsp3) is 0.250. The number of benzene rings is 4. The van der Waals surface area contributed by atoms with Gasteiger partial charge in [0, 0.05) is 30.9 Å². The fourth-order valence-corrected chi connectivity index (χ4v) is 6.18. The maximum atomic E-state index is 14.0. The number of aliphatic hydroxyl groups is 1. The van der Waals surface area contributed by atoms with Gasteiger partial charge in [-0.25, -0.2) is 12.8 Å². The van der Waals surface area contributed by atoms with Crippen molar-refractivity contribution in [2.24, 2.45) is 0 Å². The van der Waals surface area contributed by atoms with Gasteiger partial charge in [-0.05, 0) is 72.5 Å². The van der Waals surface area contributed by atoms with Gasteiger partial charge < -0.3 is 25.8 Å². The second-order valence-electron chi connectivity index (χ2n) is 13.1. The molecule has 0 spiro atoms. The first-order valence-electron chi connectivity index (χ1n) is 17.3. The molecule has 0 saturated heterocycles. The molecule has 5 aromatic rings. The average Bonchev–Trinajstić information content (AvgIpc) is 3.65. The summed E-state index contributed by atoms with van der Waals surface area (Å²) in [4.78, 5) is 40.3. The zero-order chi connectivity index (χ0) is 39.7. The molecule has 1 heterocycles. The van der Waals surface area contributed by atoms with Gasteiger partial charge in [0.2, 0.25) is 10.0 Å². The van der Waals surface area contributed by atoms with Crippen molar-refractivity contribution in [1.82, 2.24) is 25.7 Å². The van der Waals surface area contributed by atoms with Crippen molar-refractivity contribution < 1.29 is 37.0 Å². The summed E-state index contributed by atoms with van der Waals surface area (Å²) in [5.74, 6) is -1.37. The Kier molecular flexibility index (Phi) is 13.0. The molecule has 0 aliphatic rings. The molecule has 3 atom stereocenters. The van der Waals surface area contributed by atoms with E-state index in [0.717, 1.165) is 21.7 Å². The predicted molar refractivity (Wildman–Crippen MR) is 206 cm³/mol. The average molecular weight is 771 g/mol. The summed E-state index contributed by atoms with van der Waals surface area (Å²) in [5, 5.41) is 24.3. The van der Waals surface area contributed by atoms with Crippen LogP contribution >= 0.6 is 0 Å². The number of aliphatic hydroxyl groups excluding tert-OH is 1. The van der Waals surface area contributed by atoms with Gasteiger partial charge in [0.25, 0.3) is 17.7 Å². The van der Waals surface area contributed by atoms with Gasteiger partial charge in [0.1, 0.15) is 11.6 Å². The third kappa shape index (κ3) is 11.0. The van der Waals surface area contributed by atoms with Crippen LogP contribution in [0.1, 0.15) is 60.7 Å². The number of amides is 3. The molecule has 55 heavy (non-hydrogen) atoms. The van der Waals surface area contributed by atoms with Crippen LogP contribution in [0.25, 0.3) is 0 Å². The van der Waals surface area contributed by atoms with Crippen molar-refractivity contribution in [2.45, 2.75) is 44.6 Å². The number of carbonyl (C=O) groups excluding carboxylic acids is 3. The van der Waals surface area contributed by atoms with E-state index >= 15 is 0 Å². The van der Waals surface area contributed by atoms with Crippen LogP contribution in [-0.2, 0) is 29.5 Å². The van der Waals surface area contributed by atoms with Crippen molar-refractivity contribution in [3.8, 4) is 5.75 Å². The van der Waals surface area contributed by atoms with E-state index in [4.69, 9.17) is 4.74 Å². The van der Waals surface area contributed by atoms with Gasteiger partial charge >= 0.3 is 0 Å². The molecule has 0 aliphatic heterocycles. The van der Waals surface area contributed by atoms with Gasteiger partial charge in [0.05, 0.1) is 55.5 Å². The van der Waals surface area contributed by atoms with Crippen LogP contribution in [0.3, 0.4) is 0 Å². The van der Waals surface area contributed by atoms with Crippen molar-refractivity contribution in [3.05, 3.63) is 149 Å². The standard InChI is InChI=1S/C40H43FN6O7S/c1-26(29-12-14-33(41)15-13-29)44-39(50)30-19-31(21-34(20-30)46(2)55(4,52)53)40(51)45-36(18-27-8-6-5-7-9-27)37(48)25-47-24-32(23-43-47)38(49)42-22-28-10-16-35(54-3)17-11-28/h5-17,19-21,23-24,26,36-37,48H,18,22,25H2,1-4H3,(H,42,49)(H,44,50)(H,45,51)/t26-,36+,37+/m1/s1. The van der Waals surface area contributed by atoms with Crippen LogP contribution in [0.2, 0.25) is 0 Å². The van der Waals surface area contributed by atoms with E-state index in [-0.39, 0.29) is 47.8 Å². The van der Waals surface area contributed by atoms with Crippen LogP contribution in [0, 0.1) is 5.82 Å². The number of ether oxygens (including phenoxy) is 1. The van der Waals surface area contributed by atoms with E-state index in [1.54, 1.807) is 26.2 Å². The molecule has 13 nitrogen and oxygen atoms in total. The number of nitrogens with zero attached hydrogens (tertiary/aromatic N) is 3. The topological polar surface area (TPSA) is 172 Å². The van der Waals surface area contributed by atoms with Crippen molar-refractivity contribution in [3.63, 3.8) is 0 Å². The highest BCUT2D eigenvalue weighted by Crippen LogP contribution is 2.23. The molecule has 0 saturated carbocycles. The minimum atomic E-state index is -3.80. The smallest absolute Gasteiger partial charge is 0.254 e. The Labute approximate surface area is 319 Å². The Bertz CT molecular complexity index is 2210. The summed E-state index contributed by atoms with van der Waals surface area (Å²) in [6.07, 6.45) is 2.87. The van der Waals surface area contributed by atoms with Gasteiger partial charge in [-0.2, -0.15) is 5.10 Å². The van der Waals surface area contributed by atoms with Crippen LogP contribution < -0.4 is 25.0 Å². The maximum absolute atomic E-state index is 14.0. The Morgan fingerprint density at radius 2 is 1.51 bits per heavy atom. The van der Waals surface area contributed by atoms with Crippen LogP contribution in [0.4, 0.5) is 10.1 Å². The number of carbonyl (C=O) groups is 3. The van der Waals surface area contributed by atoms with E-state index in [1.165, 1.54) is 66.6 Å². The van der Waals surface area contributed by atoms with Crippen LogP contribution in [-0.4, -0.2) is 73.6 Å². The molecule has 0 radical (unpaired) electrons. The summed E-state index contributed by atoms with van der Waals surface area (Å²) in [6.45, 7) is 1.90. The summed E-state index contributed by atoms with van der Waals surface area (Å²) < 4.78 is 46.1. The SMILES string of the molecule is COc1ccc(CNC(=O)c2cnn(C[C@H](O)[C@H](Cc3ccccc3)NC(=O)c3cc(C(=O)N[C@H](C)c4ccc(F)cc4)cc(N(C)S(C)(=O)=O)c3)c2)cc1. The lowest BCUT2D eigenvalue weighted by molar-refractivity contribution is 0.0780. The van der Waals surface area contributed by atoms with E-state index in [9.17, 15) is 32.3 Å². The van der Waals surface area contributed by atoms with Crippen LogP contribution in [0.15, 0.2) is 109 Å². The molecule has 15 heteroatoms. The monoisotopic (exact) mass is 770 g/mol. The molecule has 288 valence electrons. The lowest BCUT2D eigenvalue weighted by atomic mass is 10.00. The van der Waals surface area contributed by atoms with E-state index in [0.29, 0.717) is 11.3 Å². The van der Waals surface area contributed by atoms with Gasteiger partial charge in [-0.3, -0.25) is 23.4 Å². The second kappa shape index (κ2) is 17.8. The Morgan fingerprint density at radius 1 is 0.873 bits per heavy atom. The summed E-state index contributed by atoms with van der Waals surface area (Å²) in [6, 6.07) is 24.7. The molecule has 0 bridgehead atoms. The van der Waals surface area contributed by atoms with Crippen molar-refractivity contribution in [2.75, 3.05) is 24.7 Å². The molecule has 0 unspecified atom stereocenters. The molecular formula is C40H43FN6O7S. The minimum Gasteiger partial charge on any atom is -0.497 e. The minimum absolute atomic E-state index is 0.00149. The highest BCUT2D eigenvalue weighted by molar-refractivity contribution is 7.92. The number of sulfonamides is 1. The van der Waals surface area contributed by atoms with E-state index < -0.39 is 45.8 Å². The Morgan fingerprint density at radius 3 is 2.13 bits per heavy atom.